The lowest BCUT2D eigenvalue weighted by molar-refractivity contribution is 0.0949. The van der Waals surface area contributed by atoms with Gasteiger partial charge in [0.2, 0.25) is 0 Å². The first-order valence-corrected chi connectivity index (χ1v) is 9.20. The standard InChI is InChI=1S/C20H25ClN4O3/c1-25(2)18-9-8-16(13-17(18)19(26)22-10-5-11-28-3)24-20(27)23-15-7-4-6-14(21)12-15/h4,6-9,12-13H,5,10-11H2,1-3H3,(H,22,26)(H2,23,24,27). The quantitative estimate of drug-likeness (QED) is 0.584. The van der Waals surface area contributed by atoms with E-state index in [0.29, 0.717) is 35.1 Å². The van der Waals surface area contributed by atoms with Gasteiger partial charge in [0.05, 0.1) is 5.56 Å². The zero-order chi connectivity index (χ0) is 20.5. The molecular weight excluding hydrogens is 380 g/mol. The van der Waals surface area contributed by atoms with Gasteiger partial charge in [-0.3, -0.25) is 4.79 Å². The van der Waals surface area contributed by atoms with Gasteiger partial charge in [-0.2, -0.15) is 0 Å². The van der Waals surface area contributed by atoms with Gasteiger partial charge in [0.25, 0.3) is 5.91 Å². The zero-order valence-electron chi connectivity index (χ0n) is 16.2. The topological polar surface area (TPSA) is 82.7 Å². The van der Waals surface area contributed by atoms with Gasteiger partial charge >= 0.3 is 6.03 Å². The van der Waals surface area contributed by atoms with Gasteiger partial charge < -0.3 is 25.6 Å². The summed E-state index contributed by atoms with van der Waals surface area (Å²) in [5.74, 6) is -0.210. The first kappa shape index (κ1) is 21.5. The molecule has 0 radical (unpaired) electrons. The molecule has 28 heavy (non-hydrogen) atoms. The largest absolute Gasteiger partial charge is 0.385 e. The average molecular weight is 405 g/mol. The summed E-state index contributed by atoms with van der Waals surface area (Å²) in [5, 5.41) is 8.84. The number of carbonyl (C=O) groups excluding carboxylic acids is 2. The number of rotatable bonds is 8. The SMILES string of the molecule is COCCCNC(=O)c1cc(NC(=O)Nc2cccc(Cl)c2)ccc1N(C)C. The van der Waals surface area contributed by atoms with Crippen molar-refractivity contribution in [1.82, 2.24) is 5.32 Å². The lowest BCUT2D eigenvalue weighted by atomic mass is 10.1. The molecule has 2 aromatic carbocycles. The molecule has 7 nitrogen and oxygen atoms in total. The van der Waals surface area contributed by atoms with Gasteiger partial charge in [0, 0.05) is 56.4 Å². The van der Waals surface area contributed by atoms with Crippen LogP contribution in [0, 0.1) is 0 Å². The van der Waals surface area contributed by atoms with Crippen molar-refractivity contribution in [3.63, 3.8) is 0 Å². The molecule has 3 N–H and O–H groups in total. The Morgan fingerprint density at radius 2 is 1.79 bits per heavy atom. The third-order valence-corrected chi connectivity index (χ3v) is 4.11. The molecule has 0 bridgehead atoms. The number of benzene rings is 2. The molecule has 2 rings (SSSR count). The first-order valence-electron chi connectivity index (χ1n) is 8.83. The van der Waals surface area contributed by atoms with Gasteiger partial charge in [-0.05, 0) is 42.8 Å². The fraction of sp³-hybridized carbons (Fsp3) is 0.300. The Morgan fingerprint density at radius 1 is 1.07 bits per heavy atom. The van der Waals surface area contributed by atoms with E-state index in [2.05, 4.69) is 16.0 Å². The number of hydrogen-bond acceptors (Lipinski definition) is 4. The van der Waals surface area contributed by atoms with Gasteiger partial charge in [0.1, 0.15) is 0 Å². The van der Waals surface area contributed by atoms with Crippen molar-refractivity contribution in [1.29, 1.82) is 0 Å². The van der Waals surface area contributed by atoms with Crippen LogP contribution in [0.25, 0.3) is 0 Å². The first-order chi connectivity index (χ1) is 13.4. The van der Waals surface area contributed by atoms with Crippen LogP contribution in [-0.4, -0.2) is 46.3 Å². The molecule has 0 aromatic heterocycles. The lowest BCUT2D eigenvalue weighted by Gasteiger charge is -2.18. The zero-order valence-corrected chi connectivity index (χ0v) is 17.0. The normalized spacial score (nSPS) is 10.3. The number of carbonyl (C=O) groups is 2. The minimum atomic E-state index is -0.425. The second-order valence-corrected chi connectivity index (χ2v) is 6.75. The highest BCUT2D eigenvalue weighted by molar-refractivity contribution is 6.30. The molecule has 0 heterocycles. The van der Waals surface area contributed by atoms with Crippen LogP contribution in [0.4, 0.5) is 21.9 Å². The fourth-order valence-corrected chi connectivity index (χ4v) is 2.75. The van der Waals surface area contributed by atoms with Crippen LogP contribution in [0.5, 0.6) is 0 Å². The van der Waals surface area contributed by atoms with Crippen LogP contribution in [-0.2, 0) is 4.74 Å². The van der Waals surface area contributed by atoms with E-state index in [1.165, 1.54) is 0 Å². The third kappa shape index (κ3) is 6.44. The molecular formula is C20H25ClN4O3. The average Bonchev–Trinajstić information content (AvgIpc) is 2.64. The summed E-state index contributed by atoms with van der Waals surface area (Å²) >= 11 is 5.92. The number of nitrogens with one attached hydrogen (secondary N) is 3. The van der Waals surface area contributed by atoms with Gasteiger partial charge in [-0.25, -0.2) is 4.79 Å². The van der Waals surface area contributed by atoms with Gasteiger partial charge in [-0.1, -0.05) is 17.7 Å². The van der Waals surface area contributed by atoms with Crippen molar-refractivity contribution < 1.29 is 14.3 Å². The summed E-state index contributed by atoms with van der Waals surface area (Å²) in [5.41, 5.74) is 2.31. The van der Waals surface area contributed by atoms with Crippen molar-refractivity contribution in [3.8, 4) is 0 Å². The molecule has 0 aliphatic carbocycles. The maximum Gasteiger partial charge on any atom is 0.323 e. The van der Waals surface area contributed by atoms with Crippen LogP contribution < -0.4 is 20.9 Å². The minimum absolute atomic E-state index is 0.210. The Bertz CT molecular complexity index is 827. The highest BCUT2D eigenvalue weighted by Crippen LogP contribution is 2.23. The number of halogens is 1. The molecule has 8 heteroatoms. The van der Waals surface area contributed by atoms with Crippen molar-refractivity contribution >= 4 is 40.6 Å². The number of methoxy groups -OCH3 is 1. The maximum absolute atomic E-state index is 12.6. The smallest absolute Gasteiger partial charge is 0.323 e. The summed E-state index contributed by atoms with van der Waals surface area (Å²) in [7, 11) is 5.33. The van der Waals surface area contributed by atoms with Crippen LogP contribution >= 0.6 is 11.6 Å². The fourth-order valence-electron chi connectivity index (χ4n) is 2.56. The highest BCUT2D eigenvalue weighted by atomic mass is 35.5. The van der Waals surface area contributed by atoms with Crippen LogP contribution in [0.3, 0.4) is 0 Å². The second kappa shape index (κ2) is 10.5. The molecule has 0 saturated heterocycles. The monoisotopic (exact) mass is 404 g/mol. The number of anilines is 3. The Morgan fingerprint density at radius 3 is 2.43 bits per heavy atom. The minimum Gasteiger partial charge on any atom is -0.385 e. The summed E-state index contributed by atoms with van der Waals surface area (Å²) in [6, 6.07) is 11.6. The second-order valence-electron chi connectivity index (χ2n) is 6.32. The Balaban J connectivity index is 2.10. The van der Waals surface area contributed by atoms with E-state index >= 15 is 0 Å². The van der Waals surface area contributed by atoms with Crippen molar-refractivity contribution in [2.45, 2.75) is 6.42 Å². The maximum atomic E-state index is 12.6. The summed E-state index contributed by atoms with van der Waals surface area (Å²) in [6.07, 6.45) is 0.722. The van der Waals surface area contributed by atoms with Crippen molar-refractivity contribution in [3.05, 3.63) is 53.1 Å². The Kier molecular flexibility index (Phi) is 8.10. The molecule has 0 spiro atoms. The van der Waals surface area contributed by atoms with E-state index in [1.54, 1.807) is 49.6 Å². The van der Waals surface area contributed by atoms with Crippen LogP contribution in [0.15, 0.2) is 42.5 Å². The molecule has 0 aliphatic heterocycles. The van der Waals surface area contributed by atoms with Gasteiger partial charge in [0.15, 0.2) is 0 Å². The number of amides is 3. The molecule has 0 saturated carbocycles. The van der Waals surface area contributed by atoms with E-state index < -0.39 is 6.03 Å². The molecule has 0 fully saturated rings. The lowest BCUT2D eigenvalue weighted by Crippen LogP contribution is -2.27. The highest BCUT2D eigenvalue weighted by Gasteiger charge is 2.14. The predicted octanol–water partition coefficient (Wildman–Crippen LogP) is 3.82. The number of nitrogens with zero attached hydrogens (tertiary/aromatic N) is 1. The van der Waals surface area contributed by atoms with Crippen molar-refractivity contribution in [2.75, 3.05) is 49.9 Å². The van der Waals surface area contributed by atoms with Crippen LogP contribution in [0.1, 0.15) is 16.8 Å². The number of hydrogen-bond donors (Lipinski definition) is 3. The third-order valence-electron chi connectivity index (χ3n) is 3.87. The van der Waals surface area contributed by atoms with E-state index in [-0.39, 0.29) is 5.91 Å². The van der Waals surface area contributed by atoms with E-state index in [0.717, 1.165) is 12.1 Å². The molecule has 2 aromatic rings. The predicted molar refractivity (Wildman–Crippen MR) is 114 cm³/mol. The molecule has 0 atom stereocenters. The number of ether oxygens (including phenoxy) is 1. The summed E-state index contributed by atoms with van der Waals surface area (Å²) in [6.45, 7) is 1.08. The van der Waals surface area contributed by atoms with Crippen molar-refractivity contribution in [2.24, 2.45) is 0 Å². The molecule has 3 amide bonds. The summed E-state index contributed by atoms with van der Waals surface area (Å²) < 4.78 is 4.99. The van der Waals surface area contributed by atoms with Gasteiger partial charge in [-0.15, -0.1) is 0 Å². The Labute approximate surface area is 170 Å². The Hall–Kier alpha value is -2.77. The number of urea groups is 1. The van der Waals surface area contributed by atoms with Crippen LogP contribution in [0.2, 0.25) is 5.02 Å². The summed E-state index contributed by atoms with van der Waals surface area (Å²) in [4.78, 5) is 26.7. The van der Waals surface area contributed by atoms with E-state index in [1.807, 2.05) is 19.0 Å². The van der Waals surface area contributed by atoms with E-state index in [4.69, 9.17) is 16.3 Å². The van der Waals surface area contributed by atoms with E-state index in [9.17, 15) is 9.59 Å². The molecule has 150 valence electrons. The molecule has 0 unspecified atom stereocenters. The molecule has 0 aliphatic rings.